The fourth-order valence-corrected chi connectivity index (χ4v) is 2.78. The average Bonchev–Trinajstić information content (AvgIpc) is 3.17. The summed E-state index contributed by atoms with van der Waals surface area (Å²) in [7, 11) is 4.85. The van der Waals surface area contributed by atoms with Crippen molar-refractivity contribution in [3.05, 3.63) is 59.0 Å². The van der Waals surface area contributed by atoms with Crippen molar-refractivity contribution in [2.24, 2.45) is 0 Å². The summed E-state index contributed by atoms with van der Waals surface area (Å²) in [5.41, 5.74) is 3.59. The molecule has 0 unspecified atom stereocenters. The molecule has 0 aliphatic heterocycles. The predicted molar refractivity (Wildman–Crippen MR) is 105 cm³/mol. The number of benzene rings is 2. The van der Waals surface area contributed by atoms with Gasteiger partial charge in [0.1, 0.15) is 0 Å². The molecule has 3 rings (SSSR count). The Bertz CT molecular complexity index is 997. The van der Waals surface area contributed by atoms with E-state index in [2.05, 4.69) is 10.1 Å². The molecule has 0 N–H and O–H groups in total. The summed E-state index contributed by atoms with van der Waals surface area (Å²) in [4.78, 5) is 18.6. The quantitative estimate of drug-likeness (QED) is 0.649. The van der Waals surface area contributed by atoms with Gasteiger partial charge in [-0.25, -0.2) is 0 Å². The summed E-state index contributed by atoms with van der Waals surface area (Å²) in [5, 5.41) is 4.01. The number of hydrogen-bond donors (Lipinski definition) is 0. The van der Waals surface area contributed by atoms with E-state index in [-0.39, 0.29) is 12.5 Å². The summed E-state index contributed by atoms with van der Waals surface area (Å²) in [6, 6.07) is 11.0. The molecule has 28 heavy (non-hydrogen) atoms. The molecular formula is C21H23N3O4. The molecule has 0 saturated carbocycles. The third kappa shape index (κ3) is 3.98. The van der Waals surface area contributed by atoms with Crippen molar-refractivity contribution in [3.63, 3.8) is 0 Å². The minimum Gasteiger partial charge on any atom is -0.493 e. The molecule has 1 aromatic heterocycles. The number of methoxy groups -OCH3 is 2. The summed E-state index contributed by atoms with van der Waals surface area (Å²) in [6.45, 7) is 4.22. The summed E-state index contributed by atoms with van der Waals surface area (Å²) >= 11 is 0. The summed E-state index contributed by atoms with van der Waals surface area (Å²) in [5.74, 6) is 1.86. The third-order valence-electron chi connectivity index (χ3n) is 4.58. The first-order valence-corrected chi connectivity index (χ1v) is 8.80. The maximum absolute atomic E-state index is 12.6. The number of nitrogens with zero attached hydrogens (tertiary/aromatic N) is 3. The van der Waals surface area contributed by atoms with Crippen molar-refractivity contribution in [3.8, 4) is 22.9 Å². The standard InChI is InChI=1S/C21H23N3O4/c1-13-6-7-16(10-14(13)2)21(25)24(3)12-19-22-20(23-28-19)15-8-9-17(26-4)18(11-15)27-5/h6-11H,12H2,1-5H3. The van der Waals surface area contributed by atoms with Crippen LogP contribution in [0.2, 0.25) is 0 Å². The predicted octanol–water partition coefficient (Wildman–Crippen LogP) is 3.64. The largest absolute Gasteiger partial charge is 0.493 e. The van der Waals surface area contributed by atoms with Crippen LogP contribution < -0.4 is 9.47 Å². The van der Waals surface area contributed by atoms with Gasteiger partial charge >= 0.3 is 0 Å². The molecule has 0 aliphatic carbocycles. The van der Waals surface area contributed by atoms with Crippen LogP contribution in [-0.4, -0.2) is 42.2 Å². The number of aromatic nitrogens is 2. The minimum atomic E-state index is -0.103. The Kier molecular flexibility index (Phi) is 5.63. The molecule has 0 aliphatic rings. The molecule has 0 saturated heterocycles. The van der Waals surface area contributed by atoms with E-state index in [4.69, 9.17) is 14.0 Å². The molecule has 7 heteroatoms. The van der Waals surface area contributed by atoms with E-state index in [9.17, 15) is 4.79 Å². The van der Waals surface area contributed by atoms with E-state index >= 15 is 0 Å². The van der Waals surface area contributed by atoms with E-state index in [1.54, 1.807) is 38.3 Å². The lowest BCUT2D eigenvalue weighted by Gasteiger charge is -2.15. The summed E-state index contributed by atoms with van der Waals surface area (Å²) in [6.07, 6.45) is 0. The van der Waals surface area contributed by atoms with Gasteiger partial charge in [0, 0.05) is 18.2 Å². The number of aryl methyl sites for hydroxylation is 2. The van der Waals surface area contributed by atoms with E-state index in [0.717, 1.165) is 16.7 Å². The van der Waals surface area contributed by atoms with Crippen LogP contribution in [0.3, 0.4) is 0 Å². The molecule has 0 atom stereocenters. The van der Waals surface area contributed by atoms with Crippen molar-refractivity contribution in [1.29, 1.82) is 0 Å². The van der Waals surface area contributed by atoms with Crippen LogP contribution >= 0.6 is 0 Å². The molecule has 0 radical (unpaired) electrons. The van der Waals surface area contributed by atoms with E-state index in [1.807, 2.05) is 38.1 Å². The topological polar surface area (TPSA) is 77.7 Å². The number of amides is 1. The normalized spacial score (nSPS) is 10.6. The molecule has 2 aromatic carbocycles. The fourth-order valence-electron chi connectivity index (χ4n) is 2.78. The Morgan fingerprint density at radius 1 is 1.04 bits per heavy atom. The highest BCUT2D eigenvalue weighted by Crippen LogP contribution is 2.31. The first-order valence-electron chi connectivity index (χ1n) is 8.80. The van der Waals surface area contributed by atoms with Crippen molar-refractivity contribution in [2.75, 3.05) is 21.3 Å². The van der Waals surface area contributed by atoms with Gasteiger partial charge in [0.05, 0.1) is 20.8 Å². The van der Waals surface area contributed by atoms with Crippen LogP contribution in [0.4, 0.5) is 0 Å². The number of ether oxygens (including phenoxy) is 2. The maximum Gasteiger partial charge on any atom is 0.254 e. The third-order valence-corrected chi connectivity index (χ3v) is 4.58. The van der Waals surface area contributed by atoms with Crippen molar-refractivity contribution < 1.29 is 18.8 Å². The van der Waals surface area contributed by atoms with Gasteiger partial charge in [-0.3, -0.25) is 4.79 Å². The van der Waals surface area contributed by atoms with E-state index in [0.29, 0.717) is 28.8 Å². The van der Waals surface area contributed by atoms with Gasteiger partial charge in [-0.15, -0.1) is 0 Å². The first-order chi connectivity index (χ1) is 13.4. The highest BCUT2D eigenvalue weighted by molar-refractivity contribution is 5.94. The second-order valence-corrected chi connectivity index (χ2v) is 6.54. The molecule has 0 fully saturated rings. The molecule has 0 spiro atoms. The van der Waals surface area contributed by atoms with Crippen molar-refractivity contribution >= 4 is 5.91 Å². The lowest BCUT2D eigenvalue weighted by atomic mass is 10.1. The van der Waals surface area contributed by atoms with Crippen LogP contribution in [-0.2, 0) is 6.54 Å². The first kappa shape index (κ1) is 19.4. The SMILES string of the molecule is COc1ccc(-c2noc(CN(C)C(=O)c3ccc(C)c(C)c3)n2)cc1OC. The van der Waals surface area contributed by atoms with E-state index < -0.39 is 0 Å². The zero-order valence-corrected chi connectivity index (χ0v) is 16.6. The maximum atomic E-state index is 12.6. The van der Waals surface area contributed by atoms with Crippen molar-refractivity contribution in [2.45, 2.75) is 20.4 Å². The van der Waals surface area contributed by atoms with Crippen LogP contribution in [0.5, 0.6) is 11.5 Å². The Morgan fingerprint density at radius 3 is 2.46 bits per heavy atom. The molecule has 1 heterocycles. The van der Waals surface area contributed by atoms with Gasteiger partial charge in [-0.05, 0) is 55.3 Å². The van der Waals surface area contributed by atoms with Crippen LogP contribution in [0, 0.1) is 13.8 Å². The van der Waals surface area contributed by atoms with Crippen LogP contribution in [0.1, 0.15) is 27.4 Å². The zero-order chi connectivity index (χ0) is 20.3. The second-order valence-electron chi connectivity index (χ2n) is 6.54. The molecular weight excluding hydrogens is 358 g/mol. The monoisotopic (exact) mass is 381 g/mol. The van der Waals surface area contributed by atoms with Crippen LogP contribution in [0.15, 0.2) is 40.9 Å². The van der Waals surface area contributed by atoms with Gasteiger partial charge in [0.15, 0.2) is 11.5 Å². The Hall–Kier alpha value is -3.35. The minimum absolute atomic E-state index is 0.103. The van der Waals surface area contributed by atoms with Crippen LogP contribution in [0.25, 0.3) is 11.4 Å². The number of rotatable bonds is 6. The van der Waals surface area contributed by atoms with Gasteiger partial charge in [-0.1, -0.05) is 11.2 Å². The summed E-state index contributed by atoms with van der Waals surface area (Å²) < 4.78 is 15.9. The zero-order valence-electron chi connectivity index (χ0n) is 16.6. The smallest absolute Gasteiger partial charge is 0.254 e. The van der Waals surface area contributed by atoms with Crippen molar-refractivity contribution in [1.82, 2.24) is 15.0 Å². The van der Waals surface area contributed by atoms with Gasteiger partial charge in [0.2, 0.25) is 11.7 Å². The number of carbonyl (C=O) groups excluding carboxylic acids is 1. The fraction of sp³-hybridized carbons (Fsp3) is 0.286. The second kappa shape index (κ2) is 8.12. The number of hydrogen-bond acceptors (Lipinski definition) is 6. The molecule has 7 nitrogen and oxygen atoms in total. The molecule has 1 amide bonds. The molecule has 146 valence electrons. The lowest BCUT2D eigenvalue weighted by molar-refractivity contribution is 0.0769. The Labute approximate surface area is 163 Å². The Morgan fingerprint density at radius 2 is 1.79 bits per heavy atom. The lowest BCUT2D eigenvalue weighted by Crippen LogP contribution is -2.26. The average molecular weight is 381 g/mol. The van der Waals surface area contributed by atoms with E-state index in [1.165, 1.54) is 0 Å². The highest BCUT2D eigenvalue weighted by Gasteiger charge is 2.17. The highest BCUT2D eigenvalue weighted by atomic mass is 16.5. The van der Waals surface area contributed by atoms with Gasteiger partial charge in [-0.2, -0.15) is 4.98 Å². The van der Waals surface area contributed by atoms with Gasteiger partial charge in [0.25, 0.3) is 5.91 Å². The van der Waals surface area contributed by atoms with Gasteiger partial charge < -0.3 is 18.9 Å². The molecule has 3 aromatic rings. The Balaban J connectivity index is 1.75. The number of carbonyl (C=O) groups is 1. The molecule has 0 bridgehead atoms.